The molecule has 0 aliphatic heterocycles. The Hall–Kier alpha value is -3.43. The first-order valence-corrected chi connectivity index (χ1v) is 16.9. The fourth-order valence-corrected chi connectivity index (χ4v) is 10.3. The number of nitrogens with zero attached hydrogens (tertiary/aromatic N) is 3. The van der Waals surface area contributed by atoms with Crippen molar-refractivity contribution in [1.29, 1.82) is 0 Å². The lowest BCUT2D eigenvalue weighted by atomic mass is 10.2. The van der Waals surface area contributed by atoms with E-state index in [1.54, 1.807) is 18.2 Å². The van der Waals surface area contributed by atoms with Gasteiger partial charge in [0.05, 0.1) is 13.7 Å². The Morgan fingerprint density at radius 2 is 1.53 bits per heavy atom. The highest BCUT2D eigenvalue weighted by Gasteiger charge is 2.50. The van der Waals surface area contributed by atoms with Gasteiger partial charge in [-0.05, 0) is 64.6 Å². The van der Waals surface area contributed by atoms with Gasteiger partial charge in [0, 0.05) is 30.0 Å². The van der Waals surface area contributed by atoms with Crippen molar-refractivity contribution in [2.24, 2.45) is 0 Å². The van der Waals surface area contributed by atoms with Crippen LogP contribution in [0, 0.1) is 0 Å². The number of nitrogens with one attached hydrogen (secondary N) is 1. The van der Waals surface area contributed by atoms with Crippen molar-refractivity contribution in [2.45, 2.75) is 45.2 Å². The summed E-state index contributed by atoms with van der Waals surface area (Å²) in [6.07, 6.45) is 2.02. The van der Waals surface area contributed by atoms with E-state index in [2.05, 4.69) is 84.6 Å². The third-order valence-corrected chi connectivity index (χ3v) is 12.9. The number of benzene rings is 3. The van der Waals surface area contributed by atoms with Crippen LogP contribution in [0.5, 0.6) is 5.75 Å². The third-order valence-electron chi connectivity index (χ3n) is 7.35. The molecular weight excluding hydrogens is 599 g/mol. The number of hydrogen-bond acceptors (Lipinski definition) is 5. The molecule has 226 valence electrons. The van der Waals surface area contributed by atoms with Gasteiger partial charge in [-0.3, -0.25) is 4.90 Å². The van der Waals surface area contributed by atoms with Crippen LogP contribution in [0.4, 0.5) is 10.5 Å². The van der Waals surface area contributed by atoms with Gasteiger partial charge in [-0.25, -0.2) is 14.8 Å². The number of carbonyl (C=O) groups excluding carboxylic acids is 1. The zero-order chi connectivity index (χ0) is 31.0. The molecule has 43 heavy (non-hydrogen) atoms. The molecule has 0 unspecified atom stereocenters. The van der Waals surface area contributed by atoms with Crippen LogP contribution in [0.3, 0.4) is 0 Å². The molecule has 1 heterocycles. The molecule has 2 amide bonds. The molecule has 1 aromatic heterocycles. The standard InChI is InChI=1S/C33H38Cl2N4O3Si/c1-24(23-42-43(33(2,3)4,28-12-8-6-9-13-28)29-14-10-7-11-15-29)37-32(40)39(26-16-18-27(41-5)19-17-26)21-20-25-22-36-31(35)38-30(25)34/h6-19,22,24H,20-21,23H2,1-5H3,(H,37,40)/t24-/m1/s1. The van der Waals surface area contributed by atoms with E-state index in [1.165, 1.54) is 10.4 Å². The zero-order valence-corrected chi connectivity index (χ0v) is 27.7. The minimum absolute atomic E-state index is 0.0771. The van der Waals surface area contributed by atoms with Gasteiger partial charge in [0.1, 0.15) is 10.9 Å². The molecule has 3 aromatic carbocycles. The molecule has 0 aliphatic rings. The minimum atomic E-state index is -2.75. The first-order chi connectivity index (χ1) is 20.5. The number of anilines is 1. The molecule has 1 N–H and O–H groups in total. The van der Waals surface area contributed by atoms with Gasteiger partial charge in [-0.1, -0.05) is 93.0 Å². The van der Waals surface area contributed by atoms with Gasteiger partial charge >= 0.3 is 6.03 Å². The molecule has 0 spiro atoms. The van der Waals surface area contributed by atoms with E-state index in [0.29, 0.717) is 36.6 Å². The summed E-state index contributed by atoms with van der Waals surface area (Å²) in [6, 6.07) is 27.7. The van der Waals surface area contributed by atoms with Crippen molar-refractivity contribution in [3.63, 3.8) is 0 Å². The largest absolute Gasteiger partial charge is 0.497 e. The topological polar surface area (TPSA) is 76.6 Å². The molecule has 0 saturated carbocycles. The van der Waals surface area contributed by atoms with E-state index in [9.17, 15) is 4.79 Å². The van der Waals surface area contributed by atoms with Crippen LogP contribution in [-0.2, 0) is 10.8 Å². The average molecular weight is 638 g/mol. The van der Waals surface area contributed by atoms with Gasteiger partial charge in [-0.2, -0.15) is 0 Å². The maximum Gasteiger partial charge on any atom is 0.322 e. The van der Waals surface area contributed by atoms with Gasteiger partial charge < -0.3 is 14.5 Å². The first kappa shape index (κ1) is 32.5. The van der Waals surface area contributed by atoms with Crippen molar-refractivity contribution in [3.05, 3.63) is 107 Å². The Morgan fingerprint density at radius 1 is 0.953 bits per heavy atom. The molecule has 0 fully saturated rings. The fraction of sp³-hybridized carbons (Fsp3) is 0.303. The highest BCUT2D eigenvalue weighted by atomic mass is 35.5. The number of ether oxygens (including phenoxy) is 1. The maximum atomic E-state index is 13.8. The van der Waals surface area contributed by atoms with E-state index in [4.69, 9.17) is 32.4 Å². The summed E-state index contributed by atoms with van der Waals surface area (Å²) < 4.78 is 12.4. The highest BCUT2D eigenvalue weighted by Crippen LogP contribution is 2.36. The second-order valence-electron chi connectivity index (χ2n) is 11.4. The molecule has 4 rings (SSSR count). The van der Waals surface area contributed by atoms with Crippen LogP contribution in [-0.4, -0.2) is 50.6 Å². The zero-order valence-electron chi connectivity index (χ0n) is 25.2. The Bertz CT molecular complexity index is 1450. The van der Waals surface area contributed by atoms with Crippen molar-refractivity contribution >= 4 is 53.6 Å². The van der Waals surface area contributed by atoms with Crippen LogP contribution < -0.4 is 25.3 Å². The summed E-state index contributed by atoms with van der Waals surface area (Å²) in [5.41, 5.74) is 1.41. The Labute approximate surface area is 265 Å². The van der Waals surface area contributed by atoms with Crippen LogP contribution in [0.15, 0.2) is 91.1 Å². The summed E-state index contributed by atoms with van der Waals surface area (Å²) in [6.45, 7) is 9.35. The second kappa shape index (κ2) is 14.4. The Balaban J connectivity index is 1.56. The summed E-state index contributed by atoms with van der Waals surface area (Å²) in [4.78, 5) is 23.5. The molecule has 7 nitrogen and oxygen atoms in total. The van der Waals surface area contributed by atoms with Crippen molar-refractivity contribution in [3.8, 4) is 5.75 Å². The molecule has 0 bridgehead atoms. The predicted molar refractivity (Wildman–Crippen MR) is 178 cm³/mol. The van der Waals surface area contributed by atoms with Gasteiger partial charge in [0.15, 0.2) is 0 Å². The molecule has 4 aromatic rings. The van der Waals surface area contributed by atoms with Crippen LogP contribution in [0.25, 0.3) is 0 Å². The monoisotopic (exact) mass is 636 g/mol. The number of carbonyl (C=O) groups is 1. The lowest BCUT2D eigenvalue weighted by Crippen LogP contribution is -2.67. The molecule has 1 atom stereocenters. The third kappa shape index (κ3) is 7.75. The number of amides is 2. The molecule has 0 saturated heterocycles. The Kier molecular flexibility index (Phi) is 10.8. The smallest absolute Gasteiger partial charge is 0.322 e. The van der Waals surface area contributed by atoms with Crippen LogP contribution in [0.1, 0.15) is 33.3 Å². The quantitative estimate of drug-likeness (QED) is 0.115. The fourth-order valence-electron chi connectivity index (χ4n) is 5.22. The van der Waals surface area contributed by atoms with Crippen LogP contribution in [0.2, 0.25) is 15.5 Å². The van der Waals surface area contributed by atoms with E-state index in [1.807, 2.05) is 43.3 Å². The number of methoxy groups -OCH3 is 1. The van der Waals surface area contributed by atoms with Crippen LogP contribution >= 0.6 is 23.2 Å². The first-order valence-electron chi connectivity index (χ1n) is 14.2. The average Bonchev–Trinajstić information content (AvgIpc) is 2.99. The maximum absolute atomic E-state index is 13.8. The number of halogens is 2. The van der Waals surface area contributed by atoms with E-state index in [-0.39, 0.29) is 27.5 Å². The summed E-state index contributed by atoms with van der Waals surface area (Å²) in [7, 11) is -1.15. The predicted octanol–water partition coefficient (Wildman–Crippen LogP) is 6.52. The molecular formula is C33H38Cl2N4O3Si. The SMILES string of the molecule is COc1ccc(N(CCc2cnc(Cl)nc2Cl)C(=O)N[C@H](C)CO[Si](c2ccccc2)(c2ccccc2)C(C)(C)C)cc1. The minimum Gasteiger partial charge on any atom is -0.497 e. The van der Waals surface area contributed by atoms with E-state index in [0.717, 1.165) is 0 Å². The lowest BCUT2D eigenvalue weighted by molar-refractivity contribution is 0.228. The summed E-state index contributed by atoms with van der Waals surface area (Å²) in [5, 5.41) is 5.71. The van der Waals surface area contributed by atoms with E-state index < -0.39 is 8.32 Å². The number of rotatable bonds is 11. The van der Waals surface area contributed by atoms with Crippen molar-refractivity contribution in [2.75, 3.05) is 25.2 Å². The van der Waals surface area contributed by atoms with Crippen molar-refractivity contribution in [1.82, 2.24) is 15.3 Å². The molecule has 0 aliphatic carbocycles. The number of urea groups is 1. The van der Waals surface area contributed by atoms with E-state index >= 15 is 0 Å². The summed E-state index contributed by atoms with van der Waals surface area (Å²) in [5.74, 6) is 0.699. The second-order valence-corrected chi connectivity index (χ2v) is 16.4. The highest BCUT2D eigenvalue weighted by molar-refractivity contribution is 6.99. The summed E-state index contributed by atoms with van der Waals surface area (Å²) >= 11 is 12.2. The van der Waals surface area contributed by atoms with Crippen molar-refractivity contribution < 1.29 is 14.0 Å². The Morgan fingerprint density at radius 3 is 2.05 bits per heavy atom. The number of hydrogen-bond donors (Lipinski definition) is 1. The number of aromatic nitrogens is 2. The van der Waals surface area contributed by atoms with Gasteiger partial charge in [0.25, 0.3) is 8.32 Å². The normalized spacial score (nSPS) is 12.4. The molecule has 10 heteroatoms. The van der Waals surface area contributed by atoms with Gasteiger partial charge in [0.2, 0.25) is 5.28 Å². The molecule has 0 radical (unpaired) electrons. The lowest BCUT2D eigenvalue weighted by Gasteiger charge is -2.43. The van der Waals surface area contributed by atoms with Gasteiger partial charge in [-0.15, -0.1) is 0 Å².